The Kier molecular flexibility index (Phi) is 4.19. The van der Waals surface area contributed by atoms with Gasteiger partial charge in [0.1, 0.15) is 22.9 Å². The van der Waals surface area contributed by atoms with E-state index >= 15 is 0 Å². The number of nitrogens with one attached hydrogen (secondary N) is 3. The van der Waals surface area contributed by atoms with Gasteiger partial charge in [0.05, 0.1) is 19.0 Å². The molecule has 0 aliphatic carbocycles. The Morgan fingerprint density at radius 3 is 2.75 bits per heavy atom. The van der Waals surface area contributed by atoms with E-state index in [0.29, 0.717) is 28.6 Å². The highest BCUT2D eigenvalue weighted by Crippen LogP contribution is 2.28. The van der Waals surface area contributed by atoms with Crippen LogP contribution in [-0.2, 0) is 0 Å². The summed E-state index contributed by atoms with van der Waals surface area (Å²) in [5, 5.41) is 13.1. The Balaban J connectivity index is 2.09. The van der Waals surface area contributed by atoms with Gasteiger partial charge in [-0.1, -0.05) is 12.1 Å². The van der Waals surface area contributed by atoms with E-state index < -0.39 is 0 Å². The molecular formula is C16H18N6O2. The first kappa shape index (κ1) is 15.6. The molecule has 0 aliphatic rings. The minimum atomic E-state index is -0.242. The van der Waals surface area contributed by atoms with E-state index in [-0.39, 0.29) is 5.91 Å². The SMILES string of the molecule is CNC(=O)c1cnn2c(NC)cc(Nc3ccccc3OC)nc12. The molecule has 3 aromatic rings. The molecule has 3 rings (SSSR count). The molecule has 0 saturated heterocycles. The van der Waals surface area contributed by atoms with Crippen molar-refractivity contribution in [2.24, 2.45) is 0 Å². The van der Waals surface area contributed by atoms with Crippen LogP contribution in [-0.4, -0.2) is 41.7 Å². The lowest BCUT2D eigenvalue weighted by atomic mass is 10.3. The monoisotopic (exact) mass is 326 g/mol. The third kappa shape index (κ3) is 2.69. The molecule has 0 spiro atoms. The average Bonchev–Trinajstić information content (AvgIpc) is 3.04. The molecule has 3 N–H and O–H groups in total. The summed E-state index contributed by atoms with van der Waals surface area (Å²) in [6.07, 6.45) is 1.49. The minimum Gasteiger partial charge on any atom is -0.495 e. The molecule has 24 heavy (non-hydrogen) atoms. The van der Waals surface area contributed by atoms with Crippen LogP contribution in [0.15, 0.2) is 36.5 Å². The molecule has 2 aromatic heterocycles. The quantitative estimate of drug-likeness (QED) is 0.663. The number of ether oxygens (including phenoxy) is 1. The Morgan fingerprint density at radius 1 is 1.25 bits per heavy atom. The molecule has 1 aromatic carbocycles. The molecule has 0 fully saturated rings. The number of hydrogen-bond acceptors (Lipinski definition) is 6. The predicted molar refractivity (Wildman–Crippen MR) is 92.2 cm³/mol. The lowest BCUT2D eigenvalue weighted by Gasteiger charge is -2.12. The van der Waals surface area contributed by atoms with Crippen molar-refractivity contribution in [3.8, 4) is 5.75 Å². The van der Waals surface area contributed by atoms with Crippen LogP contribution in [0.5, 0.6) is 5.75 Å². The van der Waals surface area contributed by atoms with Crippen LogP contribution in [0.3, 0.4) is 0 Å². The van der Waals surface area contributed by atoms with E-state index in [2.05, 4.69) is 26.0 Å². The highest BCUT2D eigenvalue weighted by molar-refractivity contribution is 5.99. The number of aromatic nitrogens is 3. The van der Waals surface area contributed by atoms with Crippen molar-refractivity contribution in [3.05, 3.63) is 42.1 Å². The standard InChI is InChI=1S/C16H18N6O2/c1-17-14-8-13(20-11-6-4-5-7-12(11)24-3)21-15-10(16(23)18-2)9-19-22(14)15/h4-9,17H,1-3H3,(H,18,23)(H,20,21). The van der Waals surface area contributed by atoms with Gasteiger partial charge in [-0.05, 0) is 12.1 Å². The van der Waals surface area contributed by atoms with E-state index in [9.17, 15) is 4.79 Å². The van der Waals surface area contributed by atoms with Crippen molar-refractivity contribution in [2.75, 3.05) is 31.8 Å². The molecular weight excluding hydrogens is 308 g/mol. The third-order valence-electron chi connectivity index (χ3n) is 3.57. The van der Waals surface area contributed by atoms with Gasteiger partial charge < -0.3 is 20.7 Å². The largest absolute Gasteiger partial charge is 0.495 e. The Labute approximate surface area is 138 Å². The fourth-order valence-electron chi connectivity index (χ4n) is 2.39. The topological polar surface area (TPSA) is 92.6 Å². The molecule has 0 unspecified atom stereocenters. The van der Waals surface area contributed by atoms with Crippen LogP contribution in [0.1, 0.15) is 10.4 Å². The van der Waals surface area contributed by atoms with Gasteiger partial charge in [0.25, 0.3) is 5.91 Å². The van der Waals surface area contributed by atoms with E-state index in [1.807, 2.05) is 24.3 Å². The summed E-state index contributed by atoms with van der Waals surface area (Å²) in [7, 11) is 4.96. The first-order valence-electron chi connectivity index (χ1n) is 7.36. The highest BCUT2D eigenvalue weighted by Gasteiger charge is 2.16. The lowest BCUT2D eigenvalue weighted by molar-refractivity contribution is 0.0964. The van der Waals surface area contributed by atoms with Gasteiger partial charge in [-0.3, -0.25) is 4.79 Å². The van der Waals surface area contributed by atoms with Crippen molar-refractivity contribution in [1.82, 2.24) is 19.9 Å². The first-order valence-corrected chi connectivity index (χ1v) is 7.36. The van der Waals surface area contributed by atoms with Gasteiger partial charge >= 0.3 is 0 Å². The number of carbonyl (C=O) groups is 1. The van der Waals surface area contributed by atoms with Crippen molar-refractivity contribution in [3.63, 3.8) is 0 Å². The van der Waals surface area contributed by atoms with Crippen LogP contribution in [0, 0.1) is 0 Å². The fourth-order valence-corrected chi connectivity index (χ4v) is 2.39. The maximum atomic E-state index is 12.0. The number of rotatable bonds is 5. The first-order chi connectivity index (χ1) is 11.7. The summed E-state index contributed by atoms with van der Waals surface area (Å²) in [6.45, 7) is 0. The van der Waals surface area contributed by atoms with E-state index in [0.717, 1.165) is 5.69 Å². The lowest BCUT2D eigenvalue weighted by Crippen LogP contribution is -2.18. The van der Waals surface area contributed by atoms with E-state index in [1.54, 1.807) is 31.8 Å². The molecule has 124 valence electrons. The molecule has 0 aliphatic heterocycles. The molecule has 1 amide bonds. The molecule has 2 heterocycles. The van der Waals surface area contributed by atoms with Crippen LogP contribution in [0.2, 0.25) is 0 Å². The molecule has 0 radical (unpaired) electrons. The van der Waals surface area contributed by atoms with Gasteiger partial charge in [0.15, 0.2) is 5.65 Å². The van der Waals surface area contributed by atoms with Crippen LogP contribution in [0.25, 0.3) is 5.65 Å². The number of anilines is 3. The number of amides is 1. The Bertz CT molecular complexity index is 889. The Morgan fingerprint density at radius 2 is 2.04 bits per heavy atom. The third-order valence-corrected chi connectivity index (χ3v) is 3.57. The zero-order chi connectivity index (χ0) is 17.1. The van der Waals surface area contributed by atoms with Gasteiger partial charge in [-0.2, -0.15) is 9.61 Å². The van der Waals surface area contributed by atoms with E-state index in [1.165, 1.54) is 6.20 Å². The van der Waals surface area contributed by atoms with Crippen LogP contribution < -0.4 is 20.7 Å². The fraction of sp³-hybridized carbons (Fsp3) is 0.188. The van der Waals surface area contributed by atoms with Gasteiger partial charge in [0.2, 0.25) is 0 Å². The van der Waals surface area contributed by atoms with Crippen LogP contribution >= 0.6 is 0 Å². The number of fused-ring (bicyclic) bond motifs is 1. The van der Waals surface area contributed by atoms with Crippen molar-refractivity contribution >= 4 is 28.9 Å². The van der Waals surface area contributed by atoms with E-state index in [4.69, 9.17) is 4.74 Å². The summed E-state index contributed by atoms with van der Waals surface area (Å²) >= 11 is 0. The zero-order valence-electron chi connectivity index (χ0n) is 13.6. The second kappa shape index (κ2) is 6.45. The van der Waals surface area contributed by atoms with Crippen molar-refractivity contribution < 1.29 is 9.53 Å². The number of hydrogen-bond donors (Lipinski definition) is 3. The predicted octanol–water partition coefficient (Wildman–Crippen LogP) is 1.88. The Hall–Kier alpha value is -3.29. The molecule has 8 heteroatoms. The minimum absolute atomic E-state index is 0.242. The molecule has 0 atom stereocenters. The van der Waals surface area contributed by atoms with Gasteiger partial charge in [-0.15, -0.1) is 0 Å². The van der Waals surface area contributed by atoms with Crippen molar-refractivity contribution in [1.29, 1.82) is 0 Å². The smallest absolute Gasteiger partial charge is 0.256 e. The second-order valence-electron chi connectivity index (χ2n) is 4.97. The maximum Gasteiger partial charge on any atom is 0.256 e. The van der Waals surface area contributed by atoms with Gasteiger partial charge in [-0.25, -0.2) is 4.98 Å². The van der Waals surface area contributed by atoms with Crippen LogP contribution in [0.4, 0.5) is 17.3 Å². The average molecular weight is 326 g/mol. The van der Waals surface area contributed by atoms with Crippen molar-refractivity contribution in [2.45, 2.75) is 0 Å². The second-order valence-corrected chi connectivity index (χ2v) is 4.97. The zero-order valence-corrected chi connectivity index (χ0v) is 13.6. The number of benzene rings is 1. The summed E-state index contributed by atoms with van der Waals surface area (Å²) in [5.74, 6) is 1.73. The number of carbonyl (C=O) groups excluding carboxylic acids is 1. The summed E-state index contributed by atoms with van der Waals surface area (Å²) < 4.78 is 6.92. The number of methoxy groups -OCH3 is 1. The molecule has 0 saturated carbocycles. The number of para-hydroxylation sites is 2. The normalized spacial score (nSPS) is 10.5. The summed E-state index contributed by atoms with van der Waals surface area (Å²) in [5.41, 5.74) is 1.64. The number of nitrogens with zero attached hydrogens (tertiary/aromatic N) is 3. The molecule has 8 nitrogen and oxygen atoms in total. The highest BCUT2D eigenvalue weighted by atomic mass is 16.5. The summed E-state index contributed by atoms with van der Waals surface area (Å²) in [6, 6.07) is 9.34. The molecule has 0 bridgehead atoms. The summed E-state index contributed by atoms with van der Waals surface area (Å²) in [4.78, 5) is 16.5. The maximum absolute atomic E-state index is 12.0. The van der Waals surface area contributed by atoms with Gasteiger partial charge in [0, 0.05) is 20.2 Å².